The van der Waals surface area contributed by atoms with E-state index in [2.05, 4.69) is 41.1 Å². The van der Waals surface area contributed by atoms with Gasteiger partial charge in [0.1, 0.15) is 6.04 Å². The van der Waals surface area contributed by atoms with E-state index in [1.165, 1.54) is 7.11 Å². The van der Waals surface area contributed by atoms with Crippen LogP contribution in [0.4, 0.5) is 0 Å². The second-order valence-corrected chi connectivity index (χ2v) is 4.95. The van der Waals surface area contributed by atoms with Crippen LogP contribution in [0.3, 0.4) is 0 Å². The number of hydrogen-bond acceptors (Lipinski definition) is 5. The first-order valence-electron chi connectivity index (χ1n) is 5.57. The van der Waals surface area contributed by atoms with E-state index in [0.29, 0.717) is 6.54 Å². The number of methoxy groups -OCH3 is 1. The molecular weight excluding hydrogens is 220 g/mol. The minimum atomic E-state index is -0.347. The molecule has 1 heterocycles. The van der Waals surface area contributed by atoms with Gasteiger partial charge in [0.05, 0.1) is 24.5 Å². The van der Waals surface area contributed by atoms with Crippen molar-refractivity contribution >= 4 is 5.97 Å². The normalized spacial score (nSPS) is 13.5. The van der Waals surface area contributed by atoms with Gasteiger partial charge >= 0.3 is 5.97 Å². The van der Waals surface area contributed by atoms with Crippen LogP contribution in [-0.2, 0) is 21.6 Å². The van der Waals surface area contributed by atoms with Crippen molar-refractivity contribution in [2.75, 3.05) is 7.11 Å². The highest BCUT2D eigenvalue weighted by atomic mass is 16.5. The summed E-state index contributed by atoms with van der Waals surface area (Å²) in [6.45, 7) is 8.40. The fourth-order valence-corrected chi connectivity index (χ4v) is 1.23. The molecule has 1 atom stereocenters. The molecule has 96 valence electrons. The van der Waals surface area contributed by atoms with Crippen molar-refractivity contribution in [1.82, 2.24) is 20.3 Å². The van der Waals surface area contributed by atoms with Crippen molar-refractivity contribution < 1.29 is 9.53 Å². The number of nitrogens with one attached hydrogen (secondary N) is 1. The summed E-state index contributed by atoms with van der Waals surface area (Å²) in [5.74, 6) is -0.284. The lowest BCUT2D eigenvalue weighted by Crippen LogP contribution is -2.34. The third-order valence-electron chi connectivity index (χ3n) is 2.37. The van der Waals surface area contributed by atoms with E-state index in [1.807, 2.05) is 6.20 Å². The van der Waals surface area contributed by atoms with Gasteiger partial charge in [-0.3, -0.25) is 10.1 Å². The lowest BCUT2D eigenvalue weighted by molar-refractivity contribution is -0.142. The molecule has 0 saturated carbocycles. The Kier molecular flexibility index (Phi) is 4.22. The van der Waals surface area contributed by atoms with Gasteiger partial charge < -0.3 is 4.74 Å². The number of esters is 1. The number of rotatable bonds is 4. The molecule has 0 spiro atoms. The van der Waals surface area contributed by atoms with Crippen LogP contribution < -0.4 is 5.32 Å². The van der Waals surface area contributed by atoms with Crippen LogP contribution in [0.1, 0.15) is 33.4 Å². The highest BCUT2D eigenvalue weighted by Crippen LogP contribution is 2.11. The molecule has 0 fully saturated rings. The first-order valence-corrected chi connectivity index (χ1v) is 5.57. The fraction of sp³-hybridized carbons (Fsp3) is 0.727. The van der Waals surface area contributed by atoms with E-state index in [9.17, 15) is 4.79 Å². The Hall–Kier alpha value is -1.43. The van der Waals surface area contributed by atoms with Crippen LogP contribution in [0.5, 0.6) is 0 Å². The summed E-state index contributed by atoms with van der Waals surface area (Å²) in [6, 6.07) is -0.347. The first kappa shape index (κ1) is 13.6. The molecule has 0 radical (unpaired) electrons. The van der Waals surface area contributed by atoms with E-state index in [4.69, 9.17) is 0 Å². The maximum absolute atomic E-state index is 11.2. The standard InChI is InChI=1S/C11H20N4O2/c1-8(10(16)17-5)12-6-9-7-15(14-13-9)11(2,3)4/h7-8,12H,6H2,1-5H3. The maximum atomic E-state index is 11.2. The first-order chi connectivity index (χ1) is 7.84. The van der Waals surface area contributed by atoms with Gasteiger partial charge in [-0.1, -0.05) is 5.21 Å². The Morgan fingerprint density at radius 3 is 2.71 bits per heavy atom. The molecule has 1 rings (SSSR count). The van der Waals surface area contributed by atoms with Crippen molar-refractivity contribution in [3.8, 4) is 0 Å². The molecule has 1 N–H and O–H groups in total. The molecule has 0 aromatic carbocycles. The molecule has 6 heteroatoms. The van der Waals surface area contributed by atoms with E-state index >= 15 is 0 Å². The summed E-state index contributed by atoms with van der Waals surface area (Å²) in [5, 5.41) is 11.1. The summed E-state index contributed by atoms with van der Waals surface area (Å²) in [6.07, 6.45) is 1.87. The summed E-state index contributed by atoms with van der Waals surface area (Å²) in [5.41, 5.74) is 0.717. The fourth-order valence-electron chi connectivity index (χ4n) is 1.23. The number of nitrogens with zero attached hydrogens (tertiary/aromatic N) is 3. The molecule has 0 saturated heterocycles. The molecule has 0 aliphatic rings. The van der Waals surface area contributed by atoms with Crippen LogP contribution in [-0.4, -0.2) is 34.1 Å². The average molecular weight is 240 g/mol. The summed E-state index contributed by atoms with van der Waals surface area (Å²) in [4.78, 5) is 11.2. The minimum Gasteiger partial charge on any atom is -0.468 e. The van der Waals surface area contributed by atoms with E-state index < -0.39 is 0 Å². The molecular formula is C11H20N4O2. The smallest absolute Gasteiger partial charge is 0.322 e. The molecule has 0 aliphatic heterocycles. The second kappa shape index (κ2) is 5.27. The number of carbonyl (C=O) groups excluding carboxylic acids is 1. The van der Waals surface area contributed by atoms with Crippen molar-refractivity contribution in [3.05, 3.63) is 11.9 Å². The Morgan fingerprint density at radius 2 is 2.24 bits per heavy atom. The molecule has 17 heavy (non-hydrogen) atoms. The van der Waals surface area contributed by atoms with Crippen LogP contribution in [0.25, 0.3) is 0 Å². The van der Waals surface area contributed by atoms with Crippen LogP contribution in [0.15, 0.2) is 6.20 Å². The monoisotopic (exact) mass is 240 g/mol. The summed E-state index contributed by atoms with van der Waals surface area (Å²) in [7, 11) is 1.37. The summed E-state index contributed by atoms with van der Waals surface area (Å²) < 4.78 is 6.42. The zero-order valence-electron chi connectivity index (χ0n) is 11.0. The molecule has 1 unspecified atom stereocenters. The topological polar surface area (TPSA) is 69.0 Å². The van der Waals surface area contributed by atoms with E-state index in [1.54, 1.807) is 11.6 Å². The van der Waals surface area contributed by atoms with Crippen LogP contribution >= 0.6 is 0 Å². The Balaban J connectivity index is 2.53. The molecule has 1 aromatic heterocycles. The number of carbonyl (C=O) groups is 1. The van der Waals surface area contributed by atoms with Gasteiger partial charge in [0.2, 0.25) is 0 Å². The van der Waals surface area contributed by atoms with Crippen molar-refractivity contribution in [1.29, 1.82) is 0 Å². The minimum absolute atomic E-state index is 0.0841. The van der Waals surface area contributed by atoms with E-state index in [-0.39, 0.29) is 17.6 Å². The van der Waals surface area contributed by atoms with Crippen molar-refractivity contribution in [2.24, 2.45) is 0 Å². The van der Waals surface area contributed by atoms with Gasteiger partial charge in [0.15, 0.2) is 0 Å². The maximum Gasteiger partial charge on any atom is 0.322 e. The molecule has 1 aromatic rings. The summed E-state index contributed by atoms with van der Waals surface area (Å²) >= 11 is 0. The van der Waals surface area contributed by atoms with Gasteiger partial charge in [-0.2, -0.15) is 0 Å². The van der Waals surface area contributed by atoms with E-state index in [0.717, 1.165) is 5.69 Å². The largest absolute Gasteiger partial charge is 0.468 e. The third kappa shape index (κ3) is 3.81. The van der Waals surface area contributed by atoms with Crippen LogP contribution in [0.2, 0.25) is 0 Å². The Bertz CT molecular complexity index is 381. The average Bonchev–Trinajstić information content (AvgIpc) is 2.72. The predicted molar refractivity (Wildman–Crippen MR) is 63.3 cm³/mol. The molecule has 0 bridgehead atoms. The zero-order valence-corrected chi connectivity index (χ0v) is 11.0. The highest BCUT2D eigenvalue weighted by molar-refractivity contribution is 5.74. The van der Waals surface area contributed by atoms with Crippen LogP contribution in [0, 0.1) is 0 Å². The SMILES string of the molecule is COC(=O)C(C)NCc1cn(C(C)(C)C)nn1. The molecule has 0 amide bonds. The Labute approximate surface area is 101 Å². The third-order valence-corrected chi connectivity index (χ3v) is 2.37. The van der Waals surface area contributed by atoms with Gasteiger partial charge in [-0.05, 0) is 27.7 Å². The van der Waals surface area contributed by atoms with Gasteiger partial charge in [0, 0.05) is 6.54 Å². The van der Waals surface area contributed by atoms with Crippen molar-refractivity contribution in [3.63, 3.8) is 0 Å². The zero-order chi connectivity index (χ0) is 13.1. The Morgan fingerprint density at radius 1 is 1.59 bits per heavy atom. The highest BCUT2D eigenvalue weighted by Gasteiger charge is 2.16. The number of ether oxygens (including phenoxy) is 1. The van der Waals surface area contributed by atoms with Gasteiger partial charge in [-0.25, -0.2) is 4.68 Å². The lowest BCUT2D eigenvalue weighted by Gasteiger charge is -2.17. The van der Waals surface area contributed by atoms with Gasteiger partial charge in [-0.15, -0.1) is 5.10 Å². The number of hydrogen-bond donors (Lipinski definition) is 1. The number of aromatic nitrogens is 3. The molecule has 6 nitrogen and oxygen atoms in total. The second-order valence-electron chi connectivity index (χ2n) is 4.95. The van der Waals surface area contributed by atoms with Gasteiger partial charge in [0.25, 0.3) is 0 Å². The molecule has 0 aliphatic carbocycles. The van der Waals surface area contributed by atoms with Crippen molar-refractivity contribution in [2.45, 2.75) is 45.8 Å². The quantitative estimate of drug-likeness (QED) is 0.784. The predicted octanol–water partition coefficient (Wildman–Crippen LogP) is 0.684. The lowest BCUT2D eigenvalue weighted by atomic mass is 10.1.